The molecule has 0 radical (unpaired) electrons. The molecule has 0 spiro atoms. The molecular weight excluding hydrogens is 522 g/mol. The molecule has 2 aliphatic heterocycles. The van der Waals surface area contributed by atoms with Crippen molar-refractivity contribution >= 4 is 28.7 Å². The Labute approximate surface area is 247 Å². The molecule has 3 aliphatic rings. The number of aromatic nitrogens is 1. The molecule has 2 aromatic carbocycles. The summed E-state index contributed by atoms with van der Waals surface area (Å²) in [5.41, 5.74) is 10.0. The van der Waals surface area contributed by atoms with Crippen LogP contribution in [0.5, 0.6) is 0 Å². The van der Waals surface area contributed by atoms with E-state index in [0.29, 0.717) is 43.1 Å². The minimum atomic E-state index is -0.0261. The van der Waals surface area contributed by atoms with Crippen molar-refractivity contribution in [2.75, 3.05) is 36.9 Å². The topological polar surface area (TPSA) is 78.5 Å². The van der Waals surface area contributed by atoms with Crippen LogP contribution in [0.3, 0.4) is 0 Å². The monoisotopic (exact) mass is 559 g/mol. The number of nitrogens with zero attached hydrogens (tertiary/aromatic N) is 2. The van der Waals surface area contributed by atoms with Gasteiger partial charge in [-0.1, -0.05) is 56.5 Å². The molecule has 0 bridgehead atoms. The Hall–Kier alpha value is -4.62. The quantitative estimate of drug-likeness (QED) is 0.294. The molecule has 3 heterocycles. The lowest BCUT2D eigenvalue weighted by Crippen LogP contribution is -2.40. The highest BCUT2D eigenvalue weighted by atomic mass is 16.5. The van der Waals surface area contributed by atoms with Crippen molar-refractivity contribution in [2.24, 2.45) is 0 Å². The maximum absolute atomic E-state index is 12.8. The Kier molecular flexibility index (Phi) is 7.43. The summed E-state index contributed by atoms with van der Waals surface area (Å²) in [4.78, 5) is 19.1. The van der Waals surface area contributed by atoms with Gasteiger partial charge in [0.2, 0.25) is 0 Å². The minimum absolute atomic E-state index is 0.0261. The fraction of sp³-hybridized carbons (Fsp3) is 0.257. The summed E-state index contributed by atoms with van der Waals surface area (Å²) >= 11 is 0. The number of rotatable bonds is 8. The lowest BCUT2D eigenvalue weighted by molar-refractivity contribution is 0.0302. The zero-order chi connectivity index (χ0) is 29.3. The van der Waals surface area contributed by atoms with Gasteiger partial charge in [-0.3, -0.25) is 4.79 Å². The molecule has 7 heteroatoms. The summed E-state index contributed by atoms with van der Waals surface area (Å²) < 4.78 is 5.35. The fourth-order valence-electron chi connectivity index (χ4n) is 5.34. The number of carbonyl (C=O) groups excluding carboxylic acids is 1. The van der Waals surface area contributed by atoms with E-state index in [1.807, 2.05) is 18.3 Å². The first kappa shape index (κ1) is 27.5. The average molecular weight is 560 g/mol. The van der Waals surface area contributed by atoms with Crippen LogP contribution in [-0.4, -0.2) is 42.1 Å². The number of morpholine rings is 1. The Morgan fingerprint density at radius 2 is 1.79 bits per heavy atom. The third-order valence-corrected chi connectivity index (χ3v) is 8.46. The Morgan fingerprint density at radius 1 is 1.05 bits per heavy atom. The largest absolute Gasteiger partial charge is 0.378 e. The third-order valence-electron chi connectivity index (χ3n) is 8.46. The molecule has 3 N–H and O–H groups in total. The SMILES string of the molecule is C=C1NC=C(c2cccc(NC(=C)c3ccc(C4(C)CC4)cc3)c2C)C=C1Nc1ccc(C(=O)N2CCOCC2)cn1. The van der Waals surface area contributed by atoms with Gasteiger partial charge in [-0.2, -0.15) is 0 Å². The van der Waals surface area contributed by atoms with Gasteiger partial charge in [-0.15, -0.1) is 0 Å². The van der Waals surface area contributed by atoms with Crippen LogP contribution in [0.25, 0.3) is 11.3 Å². The smallest absolute Gasteiger partial charge is 0.255 e. The van der Waals surface area contributed by atoms with Crippen molar-refractivity contribution < 1.29 is 9.53 Å². The highest BCUT2D eigenvalue weighted by Crippen LogP contribution is 2.47. The van der Waals surface area contributed by atoms with Crippen molar-refractivity contribution in [1.29, 1.82) is 0 Å². The molecule has 1 saturated carbocycles. The van der Waals surface area contributed by atoms with Crippen LogP contribution in [0.15, 0.2) is 97.6 Å². The Balaban J connectivity index is 1.15. The molecular formula is C35H37N5O2. The normalized spacial score (nSPS) is 17.5. The van der Waals surface area contributed by atoms with E-state index >= 15 is 0 Å². The number of carbonyl (C=O) groups is 1. The summed E-state index contributed by atoms with van der Waals surface area (Å²) in [7, 11) is 0. The van der Waals surface area contributed by atoms with Crippen molar-refractivity contribution in [3.05, 3.63) is 125 Å². The molecule has 2 fully saturated rings. The van der Waals surface area contributed by atoms with Crippen molar-refractivity contribution in [2.45, 2.75) is 32.1 Å². The maximum Gasteiger partial charge on any atom is 0.255 e. The second-order valence-corrected chi connectivity index (χ2v) is 11.5. The van der Waals surface area contributed by atoms with Crippen LogP contribution in [-0.2, 0) is 10.2 Å². The predicted molar refractivity (Wildman–Crippen MR) is 170 cm³/mol. The molecule has 0 atom stereocenters. The minimum Gasteiger partial charge on any atom is -0.378 e. The molecule has 42 heavy (non-hydrogen) atoms. The number of allylic oxidation sites excluding steroid dienone is 2. The number of nitrogens with one attached hydrogen (secondary N) is 3. The van der Waals surface area contributed by atoms with Crippen LogP contribution in [0, 0.1) is 6.92 Å². The van der Waals surface area contributed by atoms with Gasteiger partial charge >= 0.3 is 0 Å². The highest BCUT2D eigenvalue weighted by Gasteiger charge is 2.38. The van der Waals surface area contributed by atoms with Crippen LogP contribution in [0.2, 0.25) is 0 Å². The molecule has 3 aromatic rings. The zero-order valence-corrected chi connectivity index (χ0v) is 24.3. The number of pyridine rings is 1. The van der Waals surface area contributed by atoms with E-state index in [4.69, 9.17) is 4.74 Å². The molecule has 1 saturated heterocycles. The van der Waals surface area contributed by atoms with E-state index in [9.17, 15) is 4.79 Å². The lowest BCUT2D eigenvalue weighted by atomic mass is 9.96. The van der Waals surface area contributed by atoms with Gasteiger partial charge in [0, 0.05) is 42.4 Å². The van der Waals surface area contributed by atoms with Gasteiger partial charge in [0.15, 0.2) is 0 Å². The van der Waals surface area contributed by atoms with Crippen molar-refractivity contribution in [1.82, 2.24) is 15.2 Å². The van der Waals surface area contributed by atoms with E-state index in [2.05, 4.69) is 90.4 Å². The first-order chi connectivity index (χ1) is 20.3. The van der Waals surface area contributed by atoms with Gasteiger partial charge in [0.05, 0.1) is 30.2 Å². The molecule has 6 rings (SSSR count). The molecule has 1 aliphatic carbocycles. The summed E-state index contributed by atoms with van der Waals surface area (Å²) in [5.74, 6) is 0.607. The van der Waals surface area contributed by atoms with Gasteiger partial charge < -0.3 is 25.6 Å². The summed E-state index contributed by atoms with van der Waals surface area (Å²) in [6, 6.07) is 18.6. The number of hydrogen-bond donors (Lipinski definition) is 3. The van der Waals surface area contributed by atoms with Gasteiger partial charge in [0.1, 0.15) is 5.82 Å². The first-order valence-electron chi connectivity index (χ1n) is 14.5. The molecule has 214 valence electrons. The fourth-order valence-corrected chi connectivity index (χ4v) is 5.34. The molecule has 7 nitrogen and oxygen atoms in total. The number of benzene rings is 2. The Bertz CT molecular complexity index is 1590. The molecule has 1 amide bonds. The van der Waals surface area contributed by atoms with Gasteiger partial charge in [0.25, 0.3) is 5.91 Å². The van der Waals surface area contributed by atoms with E-state index in [0.717, 1.165) is 45.0 Å². The Morgan fingerprint density at radius 3 is 2.48 bits per heavy atom. The summed E-state index contributed by atoms with van der Waals surface area (Å²) in [6.07, 6.45) is 8.16. The number of amides is 1. The predicted octanol–water partition coefficient (Wildman–Crippen LogP) is 6.45. The van der Waals surface area contributed by atoms with Gasteiger partial charge in [-0.25, -0.2) is 4.98 Å². The standard InChI is InChI=1S/C35H37N5O2/c1-23-30(6-5-7-31(23)38-24(2)26-8-11-29(12-9-26)35(4)14-15-35)28-20-32(25(3)36-22-28)39-33-13-10-27(21-37-33)34(41)40-16-18-42-19-17-40/h5-13,20-22,36,38H,2-3,14-19H2,1,4H3,(H,37,39). The summed E-state index contributed by atoms with van der Waals surface area (Å²) in [6.45, 7) is 15.2. The van der Waals surface area contributed by atoms with Crippen LogP contribution in [0.4, 0.5) is 11.5 Å². The molecule has 1 aromatic heterocycles. The van der Waals surface area contributed by atoms with E-state index in [-0.39, 0.29) is 5.91 Å². The molecule has 0 unspecified atom stereocenters. The third kappa shape index (κ3) is 5.74. The number of ether oxygens (including phenoxy) is 1. The average Bonchev–Trinajstić information content (AvgIpc) is 3.78. The second-order valence-electron chi connectivity index (χ2n) is 11.5. The number of hydrogen-bond acceptors (Lipinski definition) is 6. The lowest BCUT2D eigenvalue weighted by Gasteiger charge is -2.26. The van der Waals surface area contributed by atoms with Crippen molar-refractivity contribution in [3.63, 3.8) is 0 Å². The number of dihydropyridines is 1. The van der Waals surface area contributed by atoms with Crippen LogP contribution >= 0.6 is 0 Å². The number of anilines is 2. The maximum atomic E-state index is 12.8. The summed E-state index contributed by atoms with van der Waals surface area (Å²) in [5, 5.41) is 10.2. The van der Waals surface area contributed by atoms with E-state index in [1.165, 1.54) is 18.4 Å². The van der Waals surface area contributed by atoms with Crippen molar-refractivity contribution in [3.8, 4) is 0 Å². The first-order valence-corrected chi connectivity index (χ1v) is 14.5. The van der Waals surface area contributed by atoms with Crippen LogP contribution in [0.1, 0.15) is 52.4 Å². The highest BCUT2D eigenvalue weighted by molar-refractivity contribution is 5.94. The van der Waals surface area contributed by atoms with Crippen LogP contribution < -0.4 is 16.0 Å². The van der Waals surface area contributed by atoms with E-state index in [1.54, 1.807) is 17.2 Å². The zero-order valence-electron chi connectivity index (χ0n) is 24.3. The van der Waals surface area contributed by atoms with E-state index < -0.39 is 0 Å². The second kappa shape index (κ2) is 11.3. The van der Waals surface area contributed by atoms with Gasteiger partial charge in [-0.05, 0) is 71.7 Å².